The maximum absolute atomic E-state index is 13.8. The third kappa shape index (κ3) is 3.58. The molecule has 0 fully saturated rings. The average molecular weight is 359 g/mol. The van der Waals surface area contributed by atoms with Crippen LogP contribution >= 0.6 is 0 Å². The fraction of sp³-hybridized carbons (Fsp3) is 0.0588. The highest BCUT2D eigenvalue weighted by Gasteiger charge is 2.19. The molecule has 0 saturated heterocycles. The maximum atomic E-state index is 13.8. The van der Waals surface area contributed by atoms with Crippen molar-refractivity contribution in [2.45, 2.75) is 11.8 Å². The molecule has 3 aromatic rings. The van der Waals surface area contributed by atoms with Gasteiger partial charge in [-0.15, -0.1) is 0 Å². The van der Waals surface area contributed by atoms with Crippen LogP contribution in [0.25, 0.3) is 10.9 Å². The molecule has 1 amide bonds. The lowest BCUT2D eigenvalue weighted by Crippen LogP contribution is -2.14. The van der Waals surface area contributed by atoms with E-state index in [1.54, 1.807) is 18.2 Å². The molecule has 0 aliphatic carbocycles. The number of aromatic nitrogens is 1. The zero-order valence-electron chi connectivity index (χ0n) is 13.2. The molecule has 1 aromatic heterocycles. The van der Waals surface area contributed by atoms with Crippen LogP contribution in [0.3, 0.4) is 0 Å². The minimum Gasteiger partial charge on any atom is -0.326 e. The number of nitrogens with one attached hydrogen (secondary N) is 2. The van der Waals surface area contributed by atoms with Gasteiger partial charge in [0.1, 0.15) is 11.3 Å². The van der Waals surface area contributed by atoms with E-state index in [4.69, 9.17) is 0 Å². The number of hydrogen-bond donors (Lipinski definition) is 2. The molecule has 0 aliphatic rings. The van der Waals surface area contributed by atoms with Gasteiger partial charge in [-0.2, -0.15) is 0 Å². The number of hydrogen-bond acceptors (Lipinski definition) is 4. The highest BCUT2D eigenvalue weighted by atomic mass is 32.2. The van der Waals surface area contributed by atoms with Crippen molar-refractivity contribution < 1.29 is 17.6 Å². The van der Waals surface area contributed by atoms with Crippen molar-refractivity contribution in [3.63, 3.8) is 0 Å². The van der Waals surface area contributed by atoms with E-state index in [0.29, 0.717) is 11.4 Å². The van der Waals surface area contributed by atoms with Crippen LogP contribution in [0.15, 0.2) is 59.6 Å². The van der Waals surface area contributed by atoms with Gasteiger partial charge in [0.05, 0.1) is 4.90 Å². The monoisotopic (exact) mass is 359 g/mol. The van der Waals surface area contributed by atoms with E-state index >= 15 is 0 Å². The summed E-state index contributed by atoms with van der Waals surface area (Å²) in [6.07, 6.45) is 1.40. The molecule has 0 spiro atoms. The van der Waals surface area contributed by atoms with E-state index in [-0.39, 0.29) is 21.7 Å². The van der Waals surface area contributed by atoms with Crippen LogP contribution in [-0.2, 0) is 14.8 Å². The Morgan fingerprint density at radius 1 is 1.04 bits per heavy atom. The van der Waals surface area contributed by atoms with Crippen LogP contribution in [0.5, 0.6) is 0 Å². The summed E-state index contributed by atoms with van der Waals surface area (Å²) >= 11 is 0. The summed E-state index contributed by atoms with van der Waals surface area (Å²) in [5, 5.41) is 2.79. The average Bonchev–Trinajstić information content (AvgIpc) is 2.56. The molecule has 128 valence electrons. The van der Waals surface area contributed by atoms with Crippen molar-refractivity contribution in [1.82, 2.24) is 4.98 Å². The standard InChI is InChI=1S/C17H14FN3O3S/c1-11(22)20-12-4-6-13(7-5-12)21-25(23,24)16-9-8-15(18)17-14(16)3-2-10-19-17/h2-10,21H,1H3,(H,20,22). The van der Waals surface area contributed by atoms with Crippen molar-refractivity contribution in [3.8, 4) is 0 Å². The molecule has 0 radical (unpaired) electrons. The van der Waals surface area contributed by atoms with Gasteiger partial charge in [0.15, 0.2) is 0 Å². The van der Waals surface area contributed by atoms with Crippen LogP contribution in [0.1, 0.15) is 6.92 Å². The van der Waals surface area contributed by atoms with Gasteiger partial charge in [0.2, 0.25) is 5.91 Å². The lowest BCUT2D eigenvalue weighted by molar-refractivity contribution is -0.114. The molecule has 2 aromatic carbocycles. The molecule has 0 atom stereocenters. The Bertz CT molecular complexity index is 1050. The Kier molecular flexibility index (Phi) is 4.37. The highest BCUT2D eigenvalue weighted by molar-refractivity contribution is 7.93. The first-order valence-electron chi connectivity index (χ1n) is 7.30. The number of amides is 1. The quantitative estimate of drug-likeness (QED) is 0.749. The van der Waals surface area contributed by atoms with Crippen molar-refractivity contribution in [2.24, 2.45) is 0 Å². The molecule has 1 heterocycles. The number of rotatable bonds is 4. The molecule has 2 N–H and O–H groups in total. The van der Waals surface area contributed by atoms with Gasteiger partial charge in [-0.05, 0) is 48.5 Å². The Morgan fingerprint density at radius 2 is 1.72 bits per heavy atom. The van der Waals surface area contributed by atoms with E-state index in [9.17, 15) is 17.6 Å². The minimum atomic E-state index is -3.94. The maximum Gasteiger partial charge on any atom is 0.262 e. The minimum absolute atomic E-state index is 0.00798. The van der Waals surface area contributed by atoms with Gasteiger partial charge in [0, 0.05) is 29.9 Å². The summed E-state index contributed by atoms with van der Waals surface area (Å²) in [6.45, 7) is 1.38. The summed E-state index contributed by atoms with van der Waals surface area (Å²) in [5.74, 6) is -0.812. The van der Waals surface area contributed by atoms with Crippen LogP contribution in [0, 0.1) is 5.82 Å². The molecule has 6 nitrogen and oxygen atoms in total. The van der Waals surface area contributed by atoms with Crippen LogP contribution in [-0.4, -0.2) is 19.3 Å². The second-order valence-corrected chi connectivity index (χ2v) is 6.96. The molecule has 0 saturated carbocycles. The number of fused-ring (bicyclic) bond motifs is 1. The van der Waals surface area contributed by atoms with E-state index in [0.717, 1.165) is 6.07 Å². The largest absolute Gasteiger partial charge is 0.326 e. The summed E-state index contributed by atoms with van der Waals surface area (Å²) in [6, 6.07) is 11.5. The second-order valence-electron chi connectivity index (χ2n) is 5.31. The topological polar surface area (TPSA) is 88.2 Å². The van der Waals surface area contributed by atoms with Gasteiger partial charge in [-0.3, -0.25) is 14.5 Å². The number of carbonyl (C=O) groups excluding carboxylic acids is 1. The third-order valence-corrected chi connectivity index (χ3v) is 4.87. The van der Waals surface area contributed by atoms with Gasteiger partial charge < -0.3 is 5.32 Å². The predicted molar refractivity (Wildman–Crippen MR) is 93.3 cm³/mol. The van der Waals surface area contributed by atoms with E-state index in [1.165, 1.54) is 37.4 Å². The number of carbonyl (C=O) groups is 1. The number of sulfonamides is 1. The Hall–Kier alpha value is -3.00. The van der Waals surface area contributed by atoms with Gasteiger partial charge in [-0.1, -0.05) is 0 Å². The molecular weight excluding hydrogens is 345 g/mol. The van der Waals surface area contributed by atoms with Crippen molar-refractivity contribution in [3.05, 3.63) is 60.5 Å². The van der Waals surface area contributed by atoms with Crippen LogP contribution in [0.2, 0.25) is 0 Å². The Balaban J connectivity index is 1.95. The number of anilines is 2. The molecule has 0 bridgehead atoms. The first-order chi connectivity index (χ1) is 11.9. The van der Waals surface area contributed by atoms with E-state index < -0.39 is 15.8 Å². The Morgan fingerprint density at radius 3 is 2.40 bits per heavy atom. The van der Waals surface area contributed by atoms with Crippen molar-refractivity contribution in [1.29, 1.82) is 0 Å². The molecule has 3 rings (SSSR count). The van der Waals surface area contributed by atoms with Gasteiger partial charge in [-0.25, -0.2) is 12.8 Å². The summed E-state index contributed by atoms with van der Waals surface area (Å²) in [4.78, 5) is 14.8. The molecule has 0 unspecified atom stereocenters. The lowest BCUT2D eigenvalue weighted by Gasteiger charge is -2.11. The predicted octanol–water partition coefficient (Wildman–Crippen LogP) is 3.13. The number of halogens is 1. The number of pyridine rings is 1. The third-order valence-electron chi connectivity index (χ3n) is 3.43. The molecule has 8 heteroatoms. The van der Waals surface area contributed by atoms with E-state index in [1.807, 2.05) is 0 Å². The zero-order valence-corrected chi connectivity index (χ0v) is 14.0. The first kappa shape index (κ1) is 16.8. The molecule has 25 heavy (non-hydrogen) atoms. The van der Waals surface area contributed by atoms with E-state index in [2.05, 4.69) is 15.0 Å². The second kappa shape index (κ2) is 6.48. The molecular formula is C17H14FN3O3S. The van der Waals surface area contributed by atoms with Crippen LogP contribution < -0.4 is 10.0 Å². The summed E-state index contributed by atoms with van der Waals surface area (Å²) in [5.41, 5.74) is 0.855. The van der Waals surface area contributed by atoms with Crippen molar-refractivity contribution >= 4 is 38.2 Å². The normalized spacial score (nSPS) is 11.3. The van der Waals surface area contributed by atoms with Gasteiger partial charge in [0.25, 0.3) is 10.0 Å². The Labute approximate surface area is 143 Å². The smallest absolute Gasteiger partial charge is 0.262 e. The van der Waals surface area contributed by atoms with Crippen LogP contribution in [0.4, 0.5) is 15.8 Å². The first-order valence-corrected chi connectivity index (χ1v) is 8.79. The highest BCUT2D eigenvalue weighted by Crippen LogP contribution is 2.26. The fourth-order valence-electron chi connectivity index (χ4n) is 2.38. The van der Waals surface area contributed by atoms with Crippen molar-refractivity contribution in [2.75, 3.05) is 10.0 Å². The summed E-state index contributed by atoms with van der Waals surface area (Å²) < 4.78 is 41.6. The number of benzene rings is 2. The summed E-state index contributed by atoms with van der Waals surface area (Å²) in [7, 11) is -3.94. The molecule has 0 aliphatic heterocycles. The number of nitrogens with zero attached hydrogens (tertiary/aromatic N) is 1. The fourth-order valence-corrected chi connectivity index (χ4v) is 3.64. The SMILES string of the molecule is CC(=O)Nc1ccc(NS(=O)(=O)c2ccc(F)c3ncccc23)cc1. The lowest BCUT2D eigenvalue weighted by atomic mass is 10.2. The van der Waals surface area contributed by atoms with Gasteiger partial charge >= 0.3 is 0 Å². The zero-order chi connectivity index (χ0) is 18.0.